The Kier molecular flexibility index (Phi) is 6.11. The van der Waals surface area contributed by atoms with Crippen LogP contribution in [0.4, 0.5) is 10.5 Å². The van der Waals surface area contributed by atoms with Crippen LogP contribution in [0.1, 0.15) is 16.3 Å². The molecule has 0 atom stereocenters. The van der Waals surface area contributed by atoms with Crippen molar-refractivity contribution in [3.05, 3.63) is 62.0 Å². The van der Waals surface area contributed by atoms with Crippen molar-refractivity contribution in [2.24, 2.45) is 0 Å². The van der Waals surface area contributed by atoms with E-state index in [-0.39, 0.29) is 24.7 Å². The van der Waals surface area contributed by atoms with Gasteiger partial charge in [-0.25, -0.2) is 14.5 Å². The van der Waals surface area contributed by atoms with Gasteiger partial charge in [0, 0.05) is 23.3 Å². The number of benzene rings is 1. The van der Waals surface area contributed by atoms with Crippen LogP contribution in [0.25, 0.3) is 10.6 Å². The number of anilines is 1. The third-order valence-corrected chi connectivity index (χ3v) is 5.63. The second kappa shape index (κ2) is 8.53. The third-order valence-electron chi connectivity index (χ3n) is 4.13. The van der Waals surface area contributed by atoms with Crippen molar-refractivity contribution in [1.82, 2.24) is 20.1 Å². The molecule has 2 heterocycles. The molecule has 0 radical (unpaired) electrons. The van der Waals surface area contributed by atoms with E-state index >= 15 is 0 Å². The highest BCUT2D eigenvalue weighted by atomic mass is 35.5. The molecule has 0 saturated heterocycles. The van der Waals surface area contributed by atoms with Crippen LogP contribution in [0.15, 0.2) is 35.1 Å². The van der Waals surface area contributed by atoms with Gasteiger partial charge in [0.25, 0.3) is 5.56 Å². The number of halogens is 1. The molecule has 0 fully saturated rings. The van der Waals surface area contributed by atoms with Gasteiger partial charge in [-0.05, 0) is 44.5 Å². The van der Waals surface area contributed by atoms with Gasteiger partial charge in [0.2, 0.25) is 0 Å². The van der Waals surface area contributed by atoms with Gasteiger partial charge in [-0.1, -0.05) is 17.7 Å². The maximum absolute atomic E-state index is 12.1. The number of hydrogen-bond donors (Lipinski definition) is 2. The van der Waals surface area contributed by atoms with Crippen molar-refractivity contribution in [2.45, 2.75) is 27.3 Å². The molecule has 9 heteroatoms. The van der Waals surface area contributed by atoms with E-state index in [4.69, 9.17) is 11.6 Å². The average Bonchev–Trinajstić information content (AvgIpc) is 2.99. The lowest BCUT2D eigenvalue weighted by atomic mass is 10.2. The molecule has 1 aromatic carbocycles. The number of nitrogens with one attached hydrogen (secondary N) is 2. The van der Waals surface area contributed by atoms with Crippen molar-refractivity contribution in [1.29, 1.82) is 0 Å². The summed E-state index contributed by atoms with van der Waals surface area (Å²) < 4.78 is 1.34. The Bertz CT molecular complexity index is 1080. The van der Waals surface area contributed by atoms with Crippen molar-refractivity contribution in [3.63, 3.8) is 0 Å². The van der Waals surface area contributed by atoms with Gasteiger partial charge >= 0.3 is 6.03 Å². The summed E-state index contributed by atoms with van der Waals surface area (Å²) in [5.74, 6) is 0. The first kappa shape index (κ1) is 20.0. The molecule has 28 heavy (non-hydrogen) atoms. The van der Waals surface area contributed by atoms with E-state index < -0.39 is 0 Å². The van der Waals surface area contributed by atoms with Crippen LogP contribution in [-0.2, 0) is 6.54 Å². The van der Waals surface area contributed by atoms with Crippen molar-refractivity contribution >= 4 is 34.7 Å². The lowest BCUT2D eigenvalue weighted by Crippen LogP contribution is -2.34. The van der Waals surface area contributed by atoms with Gasteiger partial charge in [0.15, 0.2) is 0 Å². The van der Waals surface area contributed by atoms with Crippen LogP contribution >= 0.6 is 22.9 Å². The summed E-state index contributed by atoms with van der Waals surface area (Å²) >= 11 is 7.59. The quantitative estimate of drug-likeness (QED) is 0.661. The van der Waals surface area contributed by atoms with Crippen molar-refractivity contribution < 1.29 is 4.79 Å². The Morgan fingerprint density at radius 2 is 2.00 bits per heavy atom. The molecule has 7 nitrogen and oxygen atoms in total. The Labute approximate surface area is 171 Å². The van der Waals surface area contributed by atoms with E-state index in [1.807, 2.05) is 20.8 Å². The number of urea groups is 1. The summed E-state index contributed by atoms with van der Waals surface area (Å²) in [6.45, 7) is 6.19. The standard InChI is InChI=1S/C19H20ClN5O2S/c1-11-14(20)5-4-6-15(11)23-19(27)21-9-10-25-17(26)8-7-16(24-25)18-12(2)22-13(3)28-18/h4-8H,9-10H2,1-3H3,(H2,21,23,27). The largest absolute Gasteiger partial charge is 0.336 e. The Hall–Kier alpha value is -2.71. The van der Waals surface area contributed by atoms with E-state index in [1.54, 1.807) is 24.3 Å². The summed E-state index contributed by atoms with van der Waals surface area (Å²) in [5, 5.41) is 11.4. The van der Waals surface area contributed by atoms with Gasteiger partial charge in [0.1, 0.15) is 5.69 Å². The first-order valence-electron chi connectivity index (χ1n) is 8.67. The number of amides is 2. The van der Waals surface area contributed by atoms with E-state index in [0.717, 1.165) is 21.1 Å². The number of aromatic nitrogens is 3. The first-order chi connectivity index (χ1) is 13.3. The van der Waals surface area contributed by atoms with Gasteiger partial charge in [-0.15, -0.1) is 11.3 Å². The van der Waals surface area contributed by atoms with Crippen LogP contribution in [-0.4, -0.2) is 27.3 Å². The number of rotatable bonds is 5. The fourth-order valence-electron chi connectivity index (χ4n) is 2.68. The molecule has 2 N–H and O–H groups in total. The molecule has 0 unspecified atom stereocenters. The molecular formula is C19H20ClN5O2S. The summed E-state index contributed by atoms with van der Waals surface area (Å²) in [6.07, 6.45) is 0. The van der Waals surface area contributed by atoms with Crippen LogP contribution in [0.2, 0.25) is 5.02 Å². The minimum Gasteiger partial charge on any atom is -0.336 e. The fourth-order valence-corrected chi connectivity index (χ4v) is 3.74. The molecule has 3 rings (SSSR count). The molecule has 2 amide bonds. The molecule has 0 aliphatic carbocycles. The highest BCUT2D eigenvalue weighted by Gasteiger charge is 2.11. The molecule has 0 saturated carbocycles. The maximum atomic E-state index is 12.1. The SMILES string of the molecule is Cc1nc(C)c(-c2ccc(=O)n(CCNC(=O)Nc3cccc(Cl)c3C)n2)s1. The average molecular weight is 418 g/mol. The van der Waals surface area contributed by atoms with Gasteiger partial charge in [-0.3, -0.25) is 4.79 Å². The van der Waals surface area contributed by atoms with Crippen LogP contribution in [0.3, 0.4) is 0 Å². The molecular weight excluding hydrogens is 398 g/mol. The van der Waals surface area contributed by atoms with Gasteiger partial charge in [0.05, 0.1) is 22.1 Å². The topological polar surface area (TPSA) is 88.9 Å². The number of nitrogens with zero attached hydrogens (tertiary/aromatic N) is 3. The molecule has 0 aliphatic rings. The zero-order chi connectivity index (χ0) is 20.3. The first-order valence-corrected chi connectivity index (χ1v) is 9.87. The number of thiazole rings is 1. The van der Waals surface area contributed by atoms with E-state index in [0.29, 0.717) is 16.4 Å². The molecule has 0 spiro atoms. The lowest BCUT2D eigenvalue weighted by Gasteiger charge is -2.11. The minimum atomic E-state index is -0.372. The van der Waals surface area contributed by atoms with Crippen LogP contribution in [0.5, 0.6) is 0 Å². The fraction of sp³-hybridized carbons (Fsp3) is 0.263. The molecule has 2 aromatic heterocycles. The highest BCUT2D eigenvalue weighted by molar-refractivity contribution is 7.15. The predicted molar refractivity (Wildman–Crippen MR) is 112 cm³/mol. The Balaban J connectivity index is 1.64. The second-order valence-corrected chi connectivity index (χ2v) is 7.83. The second-order valence-electron chi connectivity index (χ2n) is 6.22. The normalized spacial score (nSPS) is 10.7. The van der Waals surface area contributed by atoms with E-state index in [9.17, 15) is 9.59 Å². The number of carbonyl (C=O) groups is 1. The maximum Gasteiger partial charge on any atom is 0.319 e. The smallest absolute Gasteiger partial charge is 0.319 e. The highest BCUT2D eigenvalue weighted by Crippen LogP contribution is 2.27. The number of carbonyl (C=O) groups excluding carboxylic acids is 1. The van der Waals surface area contributed by atoms with Gasteiger partial charge < -0.3 is 10.6 Å². The van der Waals surface area contributed by atoms with Gasteiger partial charge in [-0.2, -0.15) is 5.10 Å². The molecule has 3 aromatic rings. The zero-order valence-corrected chi connectivity index (χ0v) is 17.3. The lowest BCUT2D eigenvalue weighted by molar-refractivity contribution is 0.251. The summed E-state index contributed by atoms with van der Waals surface area (Å²) in [5.41, 5.74) is 2.78. The predicted octanol–water partition coefficient (Wildman–Crippen LogP) is 3.77. The number of aryl methyl sites for hydroxylation is 2. The van der Waals surface area contributed by atoms with E-state index in [2.05, 4.69) is 20.7 Å². The summed E-state index contributed by atoms with van der Waals surface area (Å²) in [7, 11) is 0. The van der Waals surface area contributed by atoms with Crippen molar-refractivity contribution in [3.8, 4) is 10.6 Å². The zero-order valence-electron chi connectivity index (χ0n) is 15.7. The summed E-state index contributed by atoms with van der Waals surface area (Å²) in [6, 6.07) is 8.10. The van der Waals surface area contributed by atoms with Crippen molar-refractivity contribution in [2.75, 3.05) is 11.9 Å². The number of hydrogen-bond acceptors (Lipinski definition) is 5. The van der Waals surface area contributed by atoms with Crippen LogP contribution in [0, 0.1) is 20.8 Å². The molecule has 0 aliphatic heterocycles. The minimum absolute atomic E-state index is 0.226. The summed E-state index contributed by atoms with van der Waals surface area (Å²) in [4.78, 5) is 29.5. The van der Waals surface area contributed by atoms with E-state index in [1.165, 1.54) is 22.1 Å². The third kappa shape index (κ3) is 4.58. The van der Waals surface area contributed by atoms with Crippen LogP contribution < -0.4 is 16.2 Å². The molecule has 0 bridgehead atoms. The Morgan fingerprint density at radius 1 is 1.21 bits per heavy atom. The molecule has 146 valence electrons. The Morgan fingerprint density at radius 3 is 2.71 bits per heavy atom. The monoisotopic (exact) mass is 417 g/mol.